The van der Waals surface area contributed by atoms with Gasteiger partial charge in [0.2, 0.25) is 0 Å². The second-order valence-electron chi connectivity index (χ2n) is 3.91. The van der Waals surface area contributed by atoms with Crippen molar-refractivity contribution in [3.63, 3.8) is 0 Å². The Balaban J connectivity index is 4.57. The Labute approximate surface area is 99.1 Å². The molecule has 4 nitrogen and oxygen atoms in total. The van der Waals surface area contributed by atoms with E-state index in [0.717, 1.165) is 19.6 Å². The second kappa shape index (κ2) is 8.05. The molecule has 4 heteroatoms. The summed E-state index contributed by atoms with van der Waals surface area (Å²) in [6, 6.07) is 0. The van der Waals surface area contributed by atoms with Crippen LogP contribution in [0.2, 0.25) is 0 Å². The van der Waals surface area contributed by atoms with Crippen LogP contribution in [-0.4, -0.2) is 44.1 Å². The number of hydrazone groups is 1. The lowest BCUT2D eigenvalue weighted by molar-refractivity contribution is 0.480. The SMILES string of the molecule is C=CN(C)/N=C\C(C)(C=NCC)CNCC. The third-order valence-electron chi connectivity index (χ3n) is 2.12. The van der Waals surface area contributed by atoms with Gasteiger partial charge in [0.1, 0.15) is 0 Å². The van der Waals surface area contributed by atoms with Gasteiger partial charge in [-0.25, -0.2) is 0 Å². The topological polar surface area (TPSA) is 40.0 Å². The second-order valence-corrected chi connectivity index (χ2v) is 3.91. The summed E-state index contributed by atoms with van der Waals surface area (Å²) in [5.74, 6) is 0. The van der Waals surface area contributed by atoms with Gasteiger partial charge in [-0.05, 0) is 20.4 Å². The van der Waals surface area contributed by atoms with E-state index in [1.54, 1.807) is 11.2 Å². The van der Waals surface area contributed by atoms with E-state index in [-0.39, 0.29) is 5.41 Å². The van der Waals surface area contributed by atoms with E-state index >= 15 is 0 Å². The zero-order valence-corrected chi connectivity index (χ0v) is 10.9. The standard InChI is InChI=1S/C12H24N4/c1-6-13-9-12(4,10-14-7-2)11-15-16(5)8-3/h8-9,11,14H,3,6-7,10H2,1-2,4-5H3/b13-9?,15-11-. The Kier molecular flexibility index (Phi) is 7.46. The highest BCUT2D eigenvalue weighted by atomic mass is 15.4. The summed E-state index contributed by atoms with van der Waals surface area (Å²) < 4.78 is 0. The average molecular weight is 224 g/mol. The number of hydrogen-bond acceptors (Lipinski definition) is 4. The molecule has 0 spiro atoms. The van der Waals surface area contributed by atoms with Gasteiger partial charge in [0.15, 0.2) is 0 Å². The lowest BCUT2D eigenvalue weighted by Gasteiger charge is -2.21. The maximum atomic E-state index is 4.30. The van der Waals surface area contributed by atoms with Crippen LogP contribution < -0.4 is 5.32 Å². The molecule has 0 amide bonds. The van der Waals surface area contributed by atoms with Crippen LogP contribution in [0.4, 0.5) is 0 Å². The Morgan fingerprint density at radius 2 is 2.06 bits per heavy atom. The summed E-state index contributed by atoms with van der Waals surface area (Å²) in [6.45, 7) is 12.4. The number of nitrogens with one attached hydrogen (secondary N) is 1. The van der Waals surface area contributed by atoms with Crippen molar-refractivity contribution in [1.82, 2.24) is 10.3 Å². The van der Waals surface area contributed by atoms with E-state index < -0.39 is 0 Å². The molecule has 0 heterocycles. The van der Waals surface area contributed by atoms with Crippen LogP contribution in [-0.2, 0) is 0 Å². The van der Waals surface area contributed by atoms with Gasteiger partial charge in [-0.3, -0.25) is 10.0 Å². The largest absolute Gasteiger partial charge is 0.316 e. The molecule has 0 aliphatic carbocycles. The molecule has 1 unspecified atom stereocenters. The van der Waals surface area contributed by atoms with E-state index in [1.165, 1.54) is 0 Å². The molecular weight excluding hydrogens is 200 g/mol. The zero-order valence-electron chi connectivity index (χ0n) is 10.9. The third kappa shape index (κ3) is 6.35. The van der Waals surface area contributed by atoms with Crippen LogP contribution in [0.5, 0.6) is 0 Å². The van der Waals surface area contributed by atoms with Gasteiger partial charge in [-0.15, -0.1) is 0 Å². The molecular formula is C12H24N4. The van der Waals surface area contributed by atoms with Crippen molar-refractivity contribution < 1.29 is 0 Å². The maximum absolute atomic E-state index is 4.30. The van der Waals surface area contributed by atoms with Crippen molar-refractivity contribution >= 4 is 12.4 Å². The smallest absolute Gasteiger partial charge is 0.0518 e. The molecule has 0 fully saturated rings. The fourth-order valence-electron chi connectivity index (χ4n) is 1.09. The number of nitrogens with zero attached hydrogens (tertiary/aromatic N) is 3. The minimum absolute atomic E-state index is 0.150. The fraction of sp³-hybridized carbons (Fsp3) is 0.667. The number of aliphatic imine (C=N–C) groups is 1. The van der Waals surface area contributed by atoms with Gasteiger partial charge in [0.25, 0.3) is 0 Å². The lowest BCUT2D eigenvalue weighted by Crippen LogP contribution is -2.35. The molecule has 92 valence electrons. The first-order valence-electron chi connectivity index (χ1n) is 5.70. The third-order valence-corrected chi connectivity index (χ3v) is 2.12. The van der Waals surface area contributed by atoms with Gasteiger partial charge in [0.05, 0.1) is 5.41 Å². The van der Waals surface area contributed by atoms with Crippen LogP contribution in [0.1, 0.15) is 20.8 Å². The summed E-state index contributed by atoms with van der Waals surface area (Å²) in [6.07, 6.45) is 5.52. The quantitative estimate of drug-likeness (QED) is 0.504. The van der Waals surface area contributed by atoms with E-state index in [1.807, 2.05) is 26.4 Å². The normalized spacial score (nSPS) is 15.5. The zero-order chi connectivity index (χ0) is 12.4. The van der Waals surface area contributed by atoms with Crippen molar-refractivity contribution in [1.29, 1.82) is 0 Å². The van der Waals surface area contributed by atoms with Crippen LogP contribution in [0, 0.1) is 5.41 Å². The van der Waals surface area contributed by atoms with Crippen molar-refractivity contribution in [2.45, 2.75) is 20.8 Å². The van der Waals surface area contributed by atoms with Gasteiger partial charge in [-0.1, -0.05) is 13.5 Å². The molecule has 0 aromatic heterocycles. The Bertz CT molecular complexity index is 247. The minimum Gasteiger partial charge on any atom is -0.316 e. The molecule has 1 atom stereocenters. The molecule has 1 N–H and O–H groups in total. The fourth-order valence-corrected chi connectivity index (χ4v) is 1.09. The molecule has 0 bridgehead atoms. The molecule has 0 radical (unpaired) electrons. The molecule has 0 aromatic carbocycles. The van der Waals surface area contributed by atoms with Crippen LogP contribution in [0.3, 0.4) is 0 Å². The van der Waals surface area contributed by atoms with Gasteiger partial charge < -0.3 is 5.32 Å². The van der Waals surface area contributed by atoms with Crippen molar-refractivity contribution in [3.05, 3.63) is 12.8 Å². The number of hydrogen-bond donors (Lipinski definition) is 1. The van der Waals surface area contributed by atoms with E-state index in [4.69, 9.17) is 0 Å². The predicted octanol–water partition coefficient (Wildman–Crippen LogP) is 1.75. The summed E-state index contributed by atoms with van der Waals surface area (Å²) in [7, 11) is 1.86. The van der Waals surface area contributed by atoms with Crippen molar-refractivity contribution in [2.75, 3.05) is 26.7 Å². The van der Waals surface area contributed by atoms with Crippen LogP contribution >= 0.6 is 0 Å². The highest BCUT2D eigenvalue weighted by Gasteiger charge is 2.18. The average Bonchev–Trinajstić information content (AvgIpc) is 2.31. The summed E-state index contributed by atoms with van der Waals surface area (Å²) in [5.41, 5.74) is -0.150. The van der Waals surface area contributed by atoms with Crippen molar-refractivity contribution in [3.8, 4) is 0 Å². The number of rotatable bonds is 8. The lowest BCUT2D eigenvalue weighted by atomic mass is 9.94. The van der Waals surface area contributed by atoms with E-state index in [9.17, 15) is 0 Å². The first kappa shape index (κ1) is 14.8. The van der Waals surface area contributed by atoms with Crippen LogP contribution in [0.25, 0.3) is 0 Å². The monoisotopic (exact) mass is 224 g/mol. The predicted molar refractivity (Wildman–Crippen MR) is 72.1 cm³/mol. The van der Waals surface area contributed by atoms with Crippen LogP contribution in [0.15, 0.2) is 22.9 Å². The van der Waals surface area contributed by atoms with E-state index in [0.29, 0.717) is 0 Å². The molecule has 0 aliphatic rings. The van der Waals surface area contributed by atoms with Gasteiger partial charge >= 0.3 is 0 Å². The molecule has 0 saturated carbocycles. The molecule has 0 rings (SSSR count). The maximum Gasteiger partial charge on any atom is 0.0518 e. The Morgan fingerprint density at radius 1 is 1.38 bits per heavy atom. The first-order chi connectivity index (χ1) is 7.58. The molecule has 0 aliphatic heterocycles. The van der Waals surface area contributed by atoms with E-state index in [2.05, 4.69) is 35.8 Å². The molecule has 0 saturated heterocycles. The highest BCUT2D eigenvalue weighted by molar-refractivity contribution is 5.88. The summed E-state index contributed by atoms with van der Waals surface area (Å²) >= 11 is 0. The Morgan fingerprint density at radius 3 is 2.56 bits per heavy atom. The van der Waals surface area contributed by atoms with Crippen molar-refractivity contribution in [2.24, 2.45) is 15.5 Å². The summed E-state index contributed by atoms with van der Waals surface area (Å²) in [4.78, 5) is 4.30. The summed E-state index contributed by atoms with van der Waals surface area (Å²) in [5, 5.41) is 9.28. The molecule has 0 aromatic rings. The van der Waals surface area contributed by atoms with Gasteiger partial charge in [0, 0.05) is 38.8 Å². The minimum atomic E-state index is -0.150. The van der Waals surface area contributed by atoms with Gasteiger partial charge in [-0.2, -0.15) is 5.10 Å². The highest BCUT2D eigenvalue weighted by Crippen LogP contribution is 2.09. The molecule has 16 heavy (non-hydrogen) atoms. The Hall–Kier alpha value is -1.16. The first-order valence-corrected chi connectivity index (χ1v) is 5.70.